The summed E-state index contributed by atoms with van der Waals surface area (Å²) < 4.78 is 32.1. The lowest BCUT2D eigenvalue weighted by atomic mass is 9.51. The molecule has 7 atom stereocenters. The number of hydrogen-bond acceptors (Lipinski definition) is 6. The number of carbonyl (C=O) groups excluding carboxylic acids is 1. The number of phenolic OH excluding ortho intramolecular Hbond substituents is 1. The topological polar surface area (TPSA) is 88.5 Å². The van der Waals surface area contributed by atoms with Crippen molar-refractivity contribution in [1.29, 1.82) is 0 Å². The highest BCUT2D eigenvalue weighted by molar-refractivity contribution is 5.79. The van der Waals surface area contributed by atoms with Gasteiger partial charge >= 0.3 is 0 Å². The Labute approximate surface area is 255 Å². The molecule has 0 bridgehead atoms. The molecule has 2 fully saturated rings. The molecule has 3 unspecified atom stereocenters. The van der Waals surface area contributed by atoms with Crippen LogP contribution in [0.2, 0.25) is 0 Å². The molecular weight excluding hydrogens is 549 g/mol. The van der Waals surface area contributed by atoms with Gasteiger partial charge in [-0.1, -0.05) is 25.5 Å². The van der Waals surface area contributed by atoms with Gasteiger partial charge in [0, 0.05) is 26.1 Å². The maximum Gasteiger partial charge on any atom is 0.227 e. The van der Waals surface area contributed by atoms with Crippen LogP contribution in [0.5, 0.6) is 17.2 Å². The van der Waals surface area contributed by atoms with Gasteiger partial charge in [-0.15, -0.1) is 0 Å². The first kappa shape index (κ1) is 31.6. The Balaban J connectivity index is 1.27. The van der Waals surface area contributed by atoms with Crippen molar-refractivity contribution in [2.24, 2.45) is 23.2 Å². The van der Waals surface area contributed by atoms with Gasteiger partial charge in [-0.3, -0.25) is 4.79 Å². The normalized spacial score (nSPS) is 29.3. The number of rotatable bonds is 12. The van der Waals surface area contributed by atoms with Crippen LogP contribution in [0.4, 0.5) is 4.39 Å². The van der Waals surface area contributed by atoms with Crippen molar-refractivity contribution in [3.05, 3.63) is 53.1 Å². The second-order valence-corrected chi connectivity index (χ2v) is 13.1. The van der Waals surface area contributed by atoms with Crippen LogP contribution in [0.15, 0.2) is 36.4 Å². The zero-order valence-electron chi connectivity index (χ0n) is 26.1. The Hall–Kier alpha value is -2.84. The molecule has 5 rings (SSSR count). The van der Waals surface area contributed by atoms with Gasteiger partial charge in [-0.05, 0) is 103 Å². The number of halogens is 1. The van der Waals surface area contributed by atoms with Gasteiger partial charge in [0.05, 0.1) is 33.4 Å². The SMILES string of the molecule is COCCN(CCCC[C@@H]1Cc2cc(O)ccc2C2C1C1CC[C@H](O)[C@@]1(C)C[C@@H]2F)C(=O)Cc1ccc(OC)c(OC)c1. The predicted octanol–water partition coefficient (Wildman–Crippen LogP) is 5.69. The number of hydrogen-bond donors (Lipinski definition) is 2. The number of ether oxygens (including phenoxy) is 3. The number of nitrogens with zero attached hydrogens (tertiary/aromatic N) is 1. The average molecular weight is 598 g/mol. The molecule has 0 radical (unpaired) electrons. The first-order valence-electron chi connectivity index (χ1n) is 15.8. The summed E-state index contributed by atoms with van der Waals surface area (Å²) in [5, 5.41) is 21.1. The highest BCUT2D eigenvalue weighted by Crippen LogP contribution is 2.63. The second kappa shape index (κ2) is 13.4. The van der Waals surface area contributed by atoms with E-state index in [2.05, 4.69) is 6.92 Å². The zero-order valence-corrected chi connectivity index (χ0v) is 26.1. The van der Waals surface area contributed by atoms with Crippen molar-refractivity contribution in [1.82, 2.24) is 4.90 Å². The lowest BCUT2D eigenvalue weighted by Crippen LogP contribution is -2.51. The minimum atomic E-state index is -1.01. The quantitative estimate of drug-likeness (QED) is 0.306. The molecule has 0 saturated heterocycles. The van der Waals surface area contributed by atoms with Crippen LogP contribution in [0.25, 0.3) is 0 Å². The van der Waals surface area contributed by atoms with Gasteiger partial charge in [0.25, 0.3) is 0 Å². The number of carbonyl (C=O) groups is 1. The van der Waals surface area contributed by atoms with Crippen molar-refractivity contribution in [2.75, 3.05) is 41.0 Å². The van der Waals surface area contributed by atoms with E-state index in [1.165, 1.54) is 0 Å². The van der Waals surface area contributed by atoms with Crippen molar-refractivity contribution in [3.63, 3.8) is 0 Å². The summed E-state index contributed by atoms with van der Waals surface area (Å²) in [5.74, 6) is 2.01. The summed E-state index contributed by atoms with van der Waals surface area (Å²) in [4.78, 5) is 15.2. The Kier molecular flexibility index (Phi) is 9.86. The summed E-state index contributed by atoms with van der Waals surface area (Å²) in [6.45, 7) is 3.70. The second-order valence-electron chi connectivity index (χ2n) is 13.1. The number of methoxy groups -OCH3 is 3. The molecule has 0 heterocycles. The summed E-state index contributed by atoms with van der Waals surface area (Å²) in [7, 11) is 4.81. The van der Waals surface area contributed by atoms with Gasteiger partial charge in [0.1, 0.15) is 11.9 Å². The third kappa shape index (κ3) is 6.37. The fraction of sp³-hybridized carbons (Fsp3) is 0.629. The van der Waals surface area contributed by atoms with E-state index in [1.54, 1.807) is 27.4 Å². The zero-order chi connectivity index (χ0) is 30.7. The van der Waals surface area contributed by atoms with Gasteiger partial charge in [-0.25, -0.2) is 4.39 Å². The van der Waals surface area contributed by atoms with Gasteiger partial charge < -0.3 is 29.3 Å². The van der Waals surface area contributed by atoms with E-state index in [9.17, 15) is 15.0 Å². The number of benzene rings is 2. The van der Waals surface area contributed by atoms with Gasteiger partial charge in [0.15, 0.2) is 11.5 Å². The molecule has 7 nitrogen and oxygen atoms in total. The van der Waals surface area contributed by atoms with Gasteiger partial charge in [0.2, 0.25) is 5.91 Å². The molecule has 0 spiro atoms. The molecule has 236 valence electrons. The third-order valence-corrected chi connectivity index (χ3v) is 10.7. The van der Waals surface area contributed by atoms with E-state index >= 15 is 4.39 Å². The molecule has 3 aliphatic rings. The molecule has 2 aromatic rings. The molecule has 2 aromatic carbocycles. The Bertz CT molecular complexity index is 1270. The molecular formula is C35H48FNO6. The number of aromatic hydroxyl groups is 1. The van der Waals surface area contributed by atoms with Crippen molar-refractivity contribution in [2.45, 2.75) is 76.5 Å². The minimum Gasteiger partial charge on any atom is -0.508 e. The molecule has 0 aliphatic heterocycles. The number of aliphatic hydroxyl groups excluding tert-OH is 1. The maximum atomic E-state index is 16.1. The highest BCUT2D eigenvalue weighted by Gasteiger charge is 2.59. The van der Waals surface area contributed by atoms with Gasteiger partial charge in [-0.2, -0.15) is 0 Å². The largest absolute Gasteiger partial charge is 0.508 e. The number of aliphatic hydroxyl groups is 1. The van der Waals surface area contributed by atoms with Crippen molar-refractivity contribution in [3.8, 4) is 17.2 Å². The monoisotopic (exact) mass is 597 g/mol. The summed E-state index contributed by atoms with van der Waals surface area (Å²) in [5.41, 5.74) is 2.57. The molecule has 3 aliphatic carbocycles. The average Bonchev–Trinajstić information content (AvgIpc) is 3.29. The highest BCUT2D eigenvalue weighted by atomic mass is 19.1. The number of fused-ring (bicyclic) bond motifs is 5. The molecule has 43 heavy (non-hydrogen) atoms. The molecule has 0 aromatic heterocycles. The number of unbranched alkanes of at least 4 members (excludes halogenated alkanes) is 1. The van der Waals surface area contributed by atoms with Crippen LogP contribution >= 0.6 is 0 Å². The fourth-order valence-corrected chi connectivity index (χ4v) is 8.58. The smallest absolute Gasteiger partial charge is 0.227 e. The van der Waals surface area contributed by atoms with E-state index in [4.69, 9.17) is 14.2 Å². The lowest BCUT2D eigenvalue weighted by Gasteiger charge is -2.54. The van der Waals surface area contributed by atoms with Crippen LogP contribution < -0.4 is 9.47 Å². The van der Waals surface area contributed by atoms with Crippen LogP contribution in [0.3, 0.4) is 0 Å². The number of alkyl halides is 1. The van der Waals surface area contributed by atoms with E-state index in [0.717, 1.165) is 55.2 Å². The maximum absolute atomic E-state index is 16.1. The molecule has 1 amide bonds. The fourth-order valence-electron chi connectivity index (χ4n) is 8.58. The Morgan fingerprint density at radius 1 is 1.05 bits per heavy atom. The first-order valence-corrected chi connectivity index (χ1v) is 15.8. The van der Waals surface area contributed by atoms with E-state index in [-0.39, 0.29) is 47.2 Å². The summed E-state index contributed by atoms with van der Waals surface area (Å²) in [6, 6.07) is 11.0. The van der Waals surface area contributed by atoms with E-state index < -0.39 is 12.3 Å². The molecule has 2 N–H and O–H groups in total. The van der Waals surface area contributed by atoms with Crippen LogP contribution in [0.1, 0.15) is 68.1 Å². The predicted molar refractivity (Wildman–Crippen MR) is 163 cm³/mol. The molecule has 8 heteroatoms. The Morgan fingerprint density at radius 3 is 2.58 bits per heavy atom. The standard InChI is InChI=1S/C35H48FNO6/c1-35-21-28(36)34-26-10-9-25(38)20-24(26)19-23(33(34)27(35)11-13-31(35)39)7-5-6-14-37(15-16-41-2)32(40)18-22-8-12-29(42-3)30(17-22)43-4/h8-10,12,17,20,23,27-28,31,33-34,38-39H,5-7,11,13-16,18-19,21H2,1-4H3/t23-,27?,28+,31+,33?,34?,35+/m1/s1. The van der Waals surface area contributed by atoms with Crippen molar-refractivity contribution < 1.29 is 33.6 Å². The van der Waals surface area contributed by atoms with E-state index in [0.29, 0.717) is 37.6 Å². The van der Waals surface area contributed by atoms with Crippen molar-refractivity contribution >= 4 is 5.91 Å². The first-order chi connectivity index (χ1) is 20.7. The van der Waals surface area contributed by atoms with Crippen LogP contribution in [0, 0.1) is 23.2 Å². The summed E-state index contributed by atoms with van der Waals surface area (Å²) in [6.07, 6.45) is 4.35. The van der Waals surface area contributed by atoms with Crippen LogP contribution in [-0.2, 0) is 22.4 Å². The van der Waals surface area contributed by atoms with Crippen LogP contribution in [-0.4, -0.2) is 74.3 Å². The summed E-state index contributed by atoms with van der Waals surface area (Å²) >= 11 is 0. The lowest BCUT2D eigenvalue weighted by molar-refractivity contribution is -0.131. The number of amides is 1. The van der Waals surface area contributed by atoms with E-state index in [1.807, 2.05) is 35.2 Å². The Morgan fingerprint density at radius 2 is 1.84 bits per heavy atom. The number of phenols is 1. The minimum absolute atomic E-state index is 0.0367. The molecule has 2 saturated carbocycles. The third-order valence-electron chi connectivity index (χ3n) is 10.7.